The second-order valence-corrected chi connectivity index (χ2v) is 5.69. The van der Waals surface area contributed by atoms with Crippen molar-refractivity contribution >= 4 is 34.5 Å². The Morgan fingerprint density at radius 3 is 3.10 bits per heavy atom. The number of carbonyl (C=O) groups is 1. The SMILES string of the molecule is C[C@H]1C[C@@H](C(=O)Nc2nc3c(Cl)cccc3[nH]2)CCN1. The molecule has 1 saturated heterocycles. The number of imidazole rings is 1. The lowest BCUT2D eigenvalue weighted by Gasteiger charge is -2.26. The number of benzene rings is 1. The summed E-state index contributed by atoms with van der Waals surface area (Å²) in [7, 11) is 0. The second-order valence-electron chi connectivity index (χ2n) is 5.29. The minimum absolute atomic E-state index is 0.0218. The van der Waals surface area contributed by atoms with Crippen molar-refractivity contribution in [1.29, 1.82) is 0 Å². The molecule has 1 aliphatic rings. The van der Waals surface area contributed by atoms with E-state index in [0.717, 1.165) is 24.9 Å². The van der Waals surface area contributed by atoms with Crippen LogP contribution in [0, 0.1) is 5.92 Å². The van der Waals surface area contributed by atoms with Gasteiger partial charge in [-0.1, -0.05) is 17.7 Å². The van der Waals surface area contributed by atoms with Crippen molar-refractivity contribution < 1.29 is 4.79 Å². The Hall–Kier alpha value is -1.59. The summed E-state index contributed by atoms with van der Waals surface area (Å²) < 4.78 is 0. The summed E-state index contributed by atoms with van der Waals surface area (Å²) in [6, 6.07) is 5.90. The van der Waals surface area contributed by atoms with Gasteiger partial charge in [0, 0.05) is 12.0 Å². The first-order valence-electron chi connectivity index (χ1n) is 6.82. The second kappa shape index (κ2) is 5.42. The van der Waals surface area contributed by atoms with Gasteiger partial charge in [0.2, 0.25) is 11.9 Å². The Morgan fingerprint density at radius 2 is 2.35 bits per heavy atom. The van der Waals surface area contributed by atoms with Crippen molar-refractivity contribution in [2.75, 3.05) is 11.9 Å². The maximum atomic E-state index is 12.2. The average molecular weight is 293 g/mol. The number of hydrogen-bond donors (Lipinski definition) is 3. The number of nitrogens with zero attached hydrogens (tertiary/aromatic N) is 1. The van der Waals surface area contributed by atoms with E-state index in [0.29, 0.717) is 22.5 Å². The van der Waals surface area contributed by atoms with Crippen molar-refractivity contribution in [3.63, 3.8) is 0 Å². The third-order valence-corrected chi connectivity index (χ3v) is 4.00. The summed E-state index contributed by atoms with van der Waals surface area (Å²) in [5.41, 5.74) is 1.51. The Bertz CT molecular complexity index is 639. The number of halogens is 1. The molecule has 2 atom stereocenters. The zero-order chi connectivity index (χ0) is 14.1. The van der Waals surface area contributed by atoms with Crippen LogP contribution in [0.4, 0.5) is 5.95 Å². The molecule has 1 aromatic heterocycles. The smallest absolute Gasteiger partial charge is 0.229 e. The maximum absolute atomic E-state index is 12.2. The highest BCUT2D eigenvalue weighted by Gasteiger charge is 2.25. The summed E-state index contributed by atoms with van der Waals surface area (Å²) >= 11 is 6.07. The minimum Gasteiger partial charge on any atom is -0.324 e. The van der Waals surface area contributed by atoms with E-state index in [1.807, 2.05) is 12.1 Å². The molecule has 6 heteroatoms. The Balaban J connectivity index is 1.75. The molecule has 2 heterocycles. The third-order valence-electron chi connectivity index (χ3n) is 3.70. The lowest BCUT2D eigenvalue weighted by Crippen LogP contribution is -2.40. The van der Waals surface area contributed by atoms with Crippen LogP contribution in [0.2, 0.25) is 5.02 Å². The van der Waals surface area contributed by atoms with Crippen LogP contribution >= 0.6 is 11.6 Å². The topological polar surface area (TPSA) is 69.8 Å². The van der Waals surface area contributed by atoms with Crippen LogP contribution in [0.1, 0.15) is 19.8 Å². The molecule has 0 radical (unpaired) electrons. The molecule has 0 saturated carbocycles. The molecule has 0 spiro atoms. The molecular weight excluding hydrogens is 276 g/mol. The number of hydrogen-bond acceptors (Lipinski definition) is 3. The van der Waals surface area contributed by atoms with E-state index < -0.39 is 0 Å². The molecular formula is C14H17ClN4O. The first-order valence-corrected chi connectivity index (χ1v) is 7.20. The number of fused-ring (bicyclic) bond motifs is 1. The van der Waals surface area contributed by atoms with Crippen LogP contribution in [-0.2, 0) is 4.79 Å². The number of carbonyl (C=O) groups excluding carboxylic acids is 1. The van der Waals surface area contributed by atoms with Crippen LogP contribution in [0.5, 0.6) is 0 Å². The van der Waals surface area contributed by atoms with Crippen LogP contribution in [-0.4, -0.2) is 28.5 Å². The van der Waals surface area contributed by atoms with Crippen molar-refractivity contribution in [2.45, 2.75) is 25.8 Å². The molecule has 5 nitrogen and oxygen atoms in total. The molecule has 1 amide bonds. The van der Waals surface area contributed by atoms with Gasteiger partial charge in [-0.05, 0) is 38.4 Å². The average Bonchev–Trinajstić information content (AvgIpc) is 2.83. The van der Waals surface area contributed by atoms with E-state index in [9.17, 15) is 4.79 Å². The fourth-order valence-electron chi connectivity index (χ4n) is 2.65. The predicted octanol–water partition coefficient (Wildman–Crippen LogP) is 2.54. The number of nitrogens with one attached hydrogen (secondary N) is 3. The molecule has 3 rings (SSSR count). The molecule has 1 fully saturated rings. The molecule has 1 aliphatic heterocycles. The molecule has 0 unspecified atom stereocenters. The lowest BCUT2D eigenvalue weighted by atomic mass is 9.92. The highest BCUT2D eigenvalue weighted by atomic mass is 35.5. The van der Waals surface area contributed by atoms with E-state index in [-0.39, 0.29) is 11.8 Å². The number of piperidine rings is 1. The third kappa shape index (κ3) is 2.64. The Labute approximate surface area is 122 Å². The monoisotopic (exact) mass is 292 g/mol. The molecule has 20 heavy (non-hydrogen) atoms. The van der Waals surface area contributed by atoms with E-state index in [1.165, 1.54) is 0 Å². The molecule has 0 aliphatic carbocycles. The fourth-order valence-corrected chi connectivity index (χ4v) is 2.86. The standard InChI is InChI=1S/C14H17ClN4O/c1-8-7-9(5-6-16-8)13(20)19-14-17-11-4-2-3-10(15)12(11)18-14/h2-4,8-9,16H,5-7H2,1H3,(H2,17,18,19,20)/t8-,9-/m0/s1. The predicted molar refractivity (Wildman–Crippen MR) is 79.9 cm³/mol. The minimum atomic E-state index is 0.0218. The zero-order valence-electron chi connectivity index (χ0n) is 11.2. The van der Waals surface area contributed by atoms with Crippen LogP contribution in [0.25, 0.3) is 11.0 Å². The van der Waals surface area contributed by atoms with Gasteiger partial charge in [-0.25, -0.2) is 4.98 Å². The maximum Gasteiger partial charge on any atom is 0.229 e. The normalized spacial score (nSPS) is 22.9. The van der Waals surface area contributed by atoms with Gasteiger partial charge in [0.1, 0.15) is 5.52 Å². The van der Waals surface area contributed by atoms with Gasteiger partial charge in [-0.3, -0.25) is 10.1 Å². The number of aromatic nitrogens is 2. The van der Waals surface area contributed by atoms with Gasteiger partial charge >= 0.3 is 0 Å². The summed E-state index contributed by atoms with van der Waals surface area (Å²) in [4.78, 5) is 19.6. The number of H-pyrrole nitrogens is 1. The Kier molecular flexibility index (Phi) is 3.63. The largest absolute Gasteiger partial charge is 0.324 e. The van der Waals surface area contributed by atoms with E-state index in [4.69, 9.17) is 11.6 Å². The van der Waals surface area contributed by atoms with Crippen LogP contribution in [0.3, 0.4) is 0 Å². The zero-order valence-corrected chi connectivity index (χ0v) is 12.0. The van der Waals surface area contributed by atoms with Crippen molar-refractivity contribution in [2.24, 2.45) is 5.92 Å². The number of aromatic amines is 1. The van der Waals surface area contributed by atoms with Gasteiger partial charge in [-0.2, -0.15) is 0 Å². The molecule has 3 N–H and O–H groups in total. The van der Waals surface area contributed by atoms with E-state index in [1.54, 1.807) is 6.07 Å². The van der Waals surface area contributed by atoms with Crippen molar-refractivity contribution in [1.82, 2.24) is 15.3 Å². The van der Waals surface area contributed by atoms with E-state index in [2.05, 4.69) is 27.5 Å². The number of anilines is 1. The van der Waals surface area contributed by atoms with E-state index >= 15 is 0 Å². The Morgan fingerprint density at radius 1 is 1.50 bits per heavy atom. The molecule has 106 valence electrons. The highest BCUT2D eigenvalue weighted by molar-refractivity contribution is 6.35. The first kappa shape index (κ1) is 13.4. The summed E-state index contributed by atoms with van der Waals surface area (Å²) in [6.07, 6.45) is 1.71. The van der Waals surface area contributed by atoms with Gasteiger partial charge in [0.05, 0.1) is 10.5 Å². The lowest BCUT2D eigenvalue weighted by molar-refractivity contribution is -0.120. The number of para-hydroxylation sites is 1. The first-order chi connectivity index (χ1) is 9.63. The molecule has 1 aromatic carbocycles. The summed E-state index contributed by atoms with van der Waals surface area (Å²) in [6.45, 7) is 2.98. The van der Waals surface area contributed by atoms with Gasteiger partial charge in [0.25, 0.3) is 0 Å². The van der Waals surface area contributed by atoms with Crippen LogP contribution < -0.4 is 10.6 Å². The molecule has 2 aromatic rings. The number of amides is 1. The summed E-state index contributed by atoms with van der Waals surface area (Å²) in [5.74, 6) is 0.521. The summed E-state index contributed by atoms with van der Waals surface area (Å²) in [5, 5.41) is 6.77. The highest BCUT2D eigenvalue weighted by Crippen LogP contribution is 2.23. The van der Waals surface area contributed by atoms with Crippen LogP contribution in [0.15, 0.2) is 18.2 Å². The molecule has 0 bridgehead atoms. The quantitative estimate of drug-likeness (QED) is 0.797. The van der Waals surface area contributed by atoms with Gasteiger partial charge in [-0.15, -0.1) is 0 Å². The number of rotatable bonds is 2. The fraction of sp³-hybridized carbons (Fsp3) is 0.429. The van der Waals surface area contributed by atoms with Gasteiger partial charge in [0.15, 0.2) is 0 Å². The van der Waals surface area contributed by atoms with Crippen molar-refractivity contribution in [3.05, 3.63) is 23.2 Å². The van der Waals surface area contributed by atoms with Crippen molar-refractivity contribution in [3.8, 4) is 0 Å². The van der Waals surface area contributed by atoms with Gasteiger partial charge < -0.3 is 10.3 Å².